The average molecular weight is 277 g/mol. The molecule has 0 amide bonds. The molecule has 0 spiro atoms. The molecule has 0 bridgehead atoms. The number of aromatic nitrogens is 1. The van der Waals surface area contributed by atoms with E-state index < -0.39 is 10.7 Å². The minimum absolute atomic E-state index is 0.300. The first-order valence-electron chi connectivity index (χ1n) is 5.77. The molecule has 1 heterocycles. The largest absolute Gasteiger partial charge is 0.481 e. The van der Waals surface area contributed by atoms with Gasteiger partial charge >= 0.3 is 0 Å². The highest BCUT2D eigenvalue weighted by atomic mass is 19.1. The molecule has 0 saturated heterocycles. The number of anilines is 1. The maximum atomic E-state index is 13.3. The van der Waals surface area contributed by atoms with Gasteiger partial charge in [-0.1, -0.05) is 6.07 Å². The Labute approximate surface area is 114 Å². The molecule has 7 heteroatoms. The van der Waals surface area contributed by atoms with Crippen molar-refractivity contribution in [2.75, 3.05) is 12.4 Å². The summed E-state index contributed by atoms with van der Waals surface area (Å²) in [5.41, 5.74) is 0.787. The zero-order chi connectivity index (χ0) is 14.5. The van der Waals surface area contributed by atoms with Crippen LogP contribution in [0.2, 0.25) is 0 Å². The number of hydrogen-bond acceptors (Lipinski definition) is 5. The van der Waals surface area contributed by atoms with Gasteiger partial charge in [-0.3, -0.25) is 10.1 Å². The molecule has 1 aromatic carbocycles. The Kier molecular flexibility index (Phi) is 4.09. The van der Waals surface area contributed by atoms with Gasteiger partial charge in [-0.15, -0.1) is 0 Å². The van der Waals surface area contributed by atoms with E-state index in [-0.39, 0.29) is 5.69 Å². The monoisotopic (exact) mass is 277 g/mol. The van der Waals surface area contributed by atoms with Crippen molar-refractivity contribution in [3.63, 3.8) is 0 Å². The Morgan fingerprint density at radius 2 is 2.25 bits per heavy atom. The number of non-ortho nitro benzene ring substituents is 1. The highest BCUT2D eigenvalue weighted by molar-refractivity contribution is 5.52. The number of nitrogens with one attached hydrogen (secondary N) is 1. The van der Waals surface area contributed by atoms with Gasteiger partial charge in [0.1, 0.15) is 5.82 Å². The Hall–Kier alpha value is -2.70. The van der Waals surface area contributed by atoms with Crippen LogP contribution in [0, 0.1) is 15.9 Å². The number of ether oxygens (including phenoxy) is 1. The van der Waals surface area contributed by atoms with Crippen LogP contribution in [0.5, 0.6) is 5.88 Å². The Morgan fingerprint density at radius 3 is 2.95 bits per heavy atom. The molecular weight excluding hydrogens is 265 g/mol. The fourth-order valence-corrected chi connectivity index (χ4v) is 1.72. The summed E-state index contributed by atoms with van der Waals surface area (Å²) in [4.78, 5) is 14.0. The van der Waals surface area contributed by atoms with Gasteiger partial charge in [0.15, 0.2) is 0 Å². The minimum Gasteiger partial charge on any atom is -0.481 e. The molecule has 0 unspecified atom stereocenters. The van der Waals surface area contributed by atoms with Gasteiger partial charge in [0, 0.05) is 30.1 Å². The van der Waals surface area contributed by atoms with Gasteiger partial charge in [-0.2, -0.15) is 0 Å². The zero-order valence-corrected chi connectivity index (χ0v) is 10.7. The predicted molar refractivity (Wildman–Crippen MR) is 71.2 cm³/mol. The molecule has 0 atom stereocenters. The van der Waals surface area contributed by atoms with Crippen LogP contribution in [0.4, 0.5) is 15.8 Å². The summed E-state index contributed by atoms with van der Waals surface area (Å²) >= 11 is 0. The number of nitro groups is 1. The number of pyridine rings is 1. The zero-order valence-electron chi connectivity index (χ0n) is 10.7. The molecule has 6 nitrogen and oxygen atoms in total. The second kappa shape index (κ2) is 5.96. The fourth-order valence-electron chi connectivity index (χ4n) is 1.72. The van der Waals surface area contributed by atoms with Crippen LogP contribution in [-0.4, -0.2) is 17.0 Å². The molecule has 0 saturated carbocycles. The summed E-state index contributed by atoms with van der Waals surface area (Å²) in [5, 5.41) is 13.6. The fraction of sp³-hybridized carbons (Fsp3) is 0.154. The van der Waals surface area contributed by atoms with Crippen molar-refractivity contribution < 1.29 is 14.1 Å². The van der Waals surface area contributed by atoms with Gasteiger partial charge in [0.2, 0.25) is 5.88 Å². The topological polar surface area (TPSA) is 77.3 Å². The first kappa shape index (κ1) is 13.7. The van der Waals surface area contributed by atoms with Gasteiger partial charge in [-0.25, -0.2) is 9.37 Å². The second-order valence-corrected chi connectivity index (χ2v) is 3.98. The second-order valence-electron chi connectivity index (χ2n) is 3.98. The smallest absolute Gasteiger partial charge is 0.274 e. The lowest BCUT2D eigenvalue weighted by Crippen LogP contribution is -2.03. The van der Waals surface area contributed by atoms with Crippen molar-refractivity contribution in [1.82, 2.24) is 4.98 Å². The van der Waals surface area contributed by atoms with E-state index in [9.17, 15) is 14.5 Å². The number of benzene rings is 1. The maximum absolute atomic E-state index is 13.3. The number of rotatable bonds is 5. The number of hydrogen-bond donors (Lipinski definition) is 1. The van der Waals surface area contributed by atoms with Gasteiger partial charge in [-0.05, 0) is 12.1 Å². The highest BCUT2D eigenvalue weighted by Crippen LogP contribution is 2.21. The first-order valence-corrected chi connectivity index (χ1v) is 5.77. The molecule has 1 aromatic heterocycles. The Morgan fingerprint density at radius 1 is 1.45 bits per heavy atom. The third-order valence-corrected chi connectivity index (χ3v) is 2.62. The highest BCUT2D eigenvalue weighted by Gasteiger charge is 2.10. The van der Waals surface area contributed by atoms with Crippen LogP contribution < -0.4 is 10.1 Å². The molecule has 104 valence electrons. The minimum atomic E-state index is -0.667. The van der Waals surface area contributed by atoms with Crippen molar-refractivity contribution in [2.24, 2.45) is 0 Å². The third kappa shape index (κ3) is 3.19. The molecule has 20 heavy (non-hydrogen) atoms. The van der Waals surface area contributed by atoms with E-state index >= 15 is 0 Å². The molecule has 0 aliphatic heterocycles. The van der Waals surface area contributed by atoms with Crippen molar-refractivity contribution in [2.45, 2.75) is 6.54 Å². The average Bonchev–Trinajstić information content (AvgIpc) is 2.44. The number of nitro benzene ring substituents is 1. The van der Waals surface area contributed by atoms with Crippen LogP contribution in [0.15, 0.2) is 36.5 Å². The number of methoxy groups -OCH3 is 1. The van der Waals surface area contributed by atoms with E-state index in [1.54, 1.807) is 18.3 Å². The normalized spacial score (nSPS) is 10.1. The lowest BCUT2D eigenvalue weighted by Gasteiger charge is -2.09. The van der Waals surface area contributed by atoms with Crippen LogP contribution in [0.25, 0.3) is 0 Å². The van der Waals surface area contributed by atoms with Crippen LogP contribution in [0.3, 0.4) is 0 Å². The molecule has 0 aliphatic rings. The van der Waals surface area contributed by atoms with E-state index in [1.165, 1.54) is 19.2 Å². The van der Waals surface area contributed by atoms with Gasteiger partial charge in [0.05, 0.1) is 18.1 Å². The van der Waals surface area contributed by atoms with Crippen molar-refractivity contribution in [1.29, 1.82) is 0 Å². The number of halogens is 1. The van der Waals surface area contributed by atoms with E-state index in [4.69, 9.17) is 4.74 Å². The van der Waals surface area contributed by atoms with E-state index in [0.717, 1.165) is 11.6 Å². The quantitative estimate of drug-likeness (QED) is 0.671. The van der Waals surface area contributed by atoms with Crippen LogP contribution in [0.1, 0.15) is 5.56 Å². The van der Waals surface area contributed by atoms with Gasteiger partial charge < -0.3 is 10.1 Å². The van der Waals surface area contributed by atoms with E-state index in [1.807, 2.05) is 0 Å². The first-order chi connectivity index (χ1) is 9.60. The Balaban J connectivity index is 2.16. The molecule has 0 aliphatic carbocycles. The SMILES string of the molecule is COc1ncccc1CNc1cc(F)cc([N+](=O)[O-])c1. The summed E-state index contributed by atoms with van der Waals surface area (Å²) < 4.78 is 18.4. The summed E-state index contributed by atoms with van der Waals surface area (Å²) in [6.45, 7) is 0.317. The predicted octanol–water partition coefficient (Wildman–Crippen LogP) is 2.75. The lowest BCUT2D eigenvalue weighted by atomic mass is 10.2. The third-order valence-electron chi connectivity index (χ3n) is 2.62. The van der Waals surface area contributed by atoms with Gasteiger partial charge in [0.25, 0.3) is 5.69 Å². The van der Waals surface area contributed by atoms with E-state index in [2.05, 4.69) is 10.3 Å². The summed E-state index contributed by atoms with van der Waals surface area (Å²) in [7, 11) is 1.50. The molecular formula is C13H12FN3O3. The molecule has 1 N–H and O–H groups in total. The lowest BCUT2D eigenvalue weighted by molar-refractivity contribution is -0.385. The Bertz CT molecular complexity index is 634. The summed E-state index contributed by atoms with van der Waals surface area (Å²) in [5.74, 6) is -0.217. The summed E-state index contributed by atoms with van der Waals surface area (Å²) in [6.07, 6.45) is 1.59. The molecule has 2 rings (SSSR count). The molecule has 0 radical (unpaired) electrons. The summed E-state index contributed by atoms with van der Waals surface area (Å²) in [6, 6.07) is 6.87. The molecule has 0 fully saturated rings. The van der Waals surface area contributed by atoms with Crippen LogP contribution in [-0.2, 0) is 6.54 Å². The van der Waals surface area contributed by atoms with Crippen molar-refractivity contribution >= 4 is 11.4 Å². The van der Waals surface area contributed by atoms with E-state index in [0.29, 0.717) is 18.1 Å². The maximum Gasteiger partial charge on any atom is 0.274 e. The van der Waals surface area contributed by atoms with Crippen molar-refractivity contribution in [3.05, 3.63) is 58.0 Å². The van der Waals surface area contributed by atoms with Crippen molar-refractivity contribution in [3.8, 4) is 5.88 Å². The standard InChI is InChI=1S/C13H12FN3O3/c1-20-13-9(3-2-4-15-13)8-16-11-5-10(14)6-12(7-11)17(18)19/h2-7,16H,8H2,1H3. The molecule has 2 aromatic rings. The number of nitrogens with zero attached hydrogens (tertiary/aromatic N) is 2. The van der Waals surface area contributed by atoms with Crippen LogP contribution >= 0.6 is 0 Å².